The van der Waals surface area contributed by atoms with E-state index >= 15 is 0 Å². The SMILES string of the molecule is COCCn1c(=O)[nH]c2sc3c(c2c1=O)CCCC3. The highest BCUT2D eigenvalue weighted by atomic mass is 32.1. The topological polar surface area (TPSA) is 64.1 Å². The highest BCUT2D eigenvalue weighted by Crippen LogP contribution is 2.32. The van der Waals surface area contributed by atoms with E-state index in [1.165, 1.54) is 15.9 Å². The second-order valence-corrected chi connectivity index (χ2v) is 5.90. The molecule has 0 unspecified atom stereocenters. The van der Waals surface area contributed by atoms with E-state index < -0.39 is 0 Å². The van der Waals surface area contributed by atoms with Crippen LogP contribution in [-0.2, 0) is 24.1 Å². The fraction of sp³-hybridized carbons (Fsp3) is 0.538. The van der Waals surface area contributed by atoms with E-state index in [9.17, 15) is 9.59 Å². The number of aromatic amines is 1. The van der Waals surface area contributed by atoms with Crippen LogP contribution in [0, 0.1) is 0 Å². The van der Waals surface area contributed by atoms with Gasteiger partial charge in [-0.05, 0) is 31.2 Å². The fourth-order valence-electron chi connectivity index (χ4n) is 2.66. The zero-order chi connectivity index (χ0) is 13.4. The molecule has 0 bridgehead atoms. The number of aryl methyl sites for hydroxylation is 2. The normalized spacial score (nSPS) is 14.8. The second-order valence-electron chi connectivity index (χ2n) is 4.79. The molecule has 0 atom stereocenters. The van der Waals surface area contributed by atoms with Crippen molar-refractivity contribution in [2.75, 3.05) is 13.7 Å². The first-order valence-electron chi connectivity index (χ1n) is 6.48. The highest BCUT2D eigenvalue weighted by Gasteiger charge is 2.20. The Bertz CT molecular complexity index is 726. The minimum absolute atomic E-state index is 0.171. The summed E-state index contributed by atoms with van der Waals surface area (Å²) in [6, 6.07) is 0. The Morgan fingerprint density at radius 2 is 2.11 bits per heavy atom. The number of fused-ring (bicyclic) bond motifs is 3. The van der Waals surface area contributed by atoms with Gasteiger partial charge in [0.1, 0.15) is 4.83 Å². The van der Waals surface area contributed by atoms with Gasteiger partial charge in [-0.2, -0.15) is 0 Å². The van der Waals surface area contributed by atoms with Gasteiger partial charge in [0, 0.05) is 12.0 Å². The molecule has 0 saturated heterocycles. The maximum atomic E-state index is 12.5. The molecular weight excluding hydrogens is 264 g/mol. The van der Waals surface area contributed by atoms with Crippen molar-refractivity contribution in [1.29, 1.82) is 0 Å². The molecule has 3 rings (SSSR count). The molecule has 0 radical (unpaired) electrons. The van der Waals surface area contributed by atoms with Crippen molar-refractivity contribution in [3.8, 4) is 0 Å². The number of H-pyrrole nitrogens is 1. The summed E-state index contributed by atoms with van der Waals surface area (Å²) in [5.74, 6) is 0. The Hall–Kier alpha value is -1.40. The predicted molar refractivity (Wildman–Crippen MR) is 75.2 cm³/mol. The van der Waals surface area contributed by atoms with Gasteiger partial charge in [0.05, 0.1) is 18.5 Å². The maximum absolute atomic E-state index is 12.5. The summed E-state index contributed by atoms with van der Waals surface area (Å²) in [4.78, 5) is 29.2. The van der Waals surface area contributed by atoms with Crippen molar-refractivity contribution >= 4 is 21.6 Å². The Morgan fingerprint density at radius 1 is 1.32 bits per heavy atom. The van der Waals surface area contributed by atoms with E-state index in [4.69, 9.17) is 4.74 Å². The van der Waals surface area contributed by atoms with Gasteiger partial charge in [0.2, 0.25) is 0 Å². The highest BCUT2D eigenvalue weighted by molar-refractivity contribution is 7.18. The van der Waals surface area contributed by atoms with Gasteiger partial charge in [-0.25, -0.2) is 4.79 Å². The third-order valence-corrected chi connectivity index (χ3v) is 4.82. The third-order valence-electron chi connectivity index (χ3n) is 3.61. The van der Waals surface area contributed by atoms with Crippen molar-refractivity contribution in [3.63, 3.8) is 0 Å². The van der Waals surface area contributed by atoms with Crippen LogP contribution in [0.5, 0.6) is 0 Å². The number of thiophene rings is 1. The first-order valence-corrected chi connectivity index (χ1v) is 7.30. The lowest BCUT2D eigenvalue weighted by Gasteiger charge is -2.10. The number of rotatable bonds is 3. The smallest absolute Gasteiger partial charge is 0.329 e. The molecule has 0 fully saturated rings. The molecule has 2 aromatic heterocycles. The molecule has 0 aliphatic heterocycles. The number of hydrogen-bond acceptors (Lipinski definition) is 4. The summed E-state index contributed by atoms with van der Waals surface area (Å²) < 4.78 is 6.20. The fourth-order valence-corrected chi connectivity index (χ4v) is 3.93. The average molecular weight is 280 g/mol. The molecule has 0 spiro atoms. The van der Waals surface area contributed by atoms with Crippen LogP contribution in [0.15, 0.2) is 9.59 Å². The van der Waals surface area contributed by atoms with Crippen LogP contribution in [0.3, 0.4) is 0 Å². The first kappa shape index (κ1) is 12.6. The Kier molecular flexibility index (Phi) is 3.28. The number of nitrogens with one attached hydrogen (secondary N) is 1. The van der Waals surface area contributed by atoms with Crippen LogP contribution >= 0.6 is 11.3 Å². The second kappa shape index (κ2) is 4.94. The molecule has 1 aliphatic rings. The van der Waals surface area contributed by atoms with E-state index in [1.54, 1.807) is 18.4 Å². The summed E-state index contributed by atoms with van der Waals surface area (Å²) in [5, 5.41) is 0.718. The zero-order valence-corrected chi connectivity index (χ0v) is 11.6. The largest absolute Gasteiger partial charge is 0.383 e. The van der Waals surface area contributed by atoms with Gasteiger partial charge < -0.3 is 4.74 Å². The average Bonchev–Trinajstić information content (AvgIpc) is 2.76. The lowest BCUT2D eigenvalue weighted by molar-refractivity contribution is 0.185. The van der Waals surface area contributed by atoms with Gasteiger partial charge in [-0.15, -0.1) is 11.3 Å². The lowest BCUT2D eigenvalue weighted by Crippen LogP contribution is -2.36. The van der Waals surface area contributed by atoms with Crippen molar-refractivity contribution in [3.05, 3.63) is 31.3 Å². The number of methoxy groups -OCH3 is 1. The lowest BCUT2D eigenvalue weighted by atomic mass is 9.97. The molecule has 5 nitrogen and oxygen atoms in total. The van der Waals surface area contributed by atoms with Gasteiger partial charge in [0.25, 0.3) is 5.56 Å². The summed E-state index contributed by atoms with van der Waals surface area (Å²) >= 11 is 1.56. The van der Waals surface area contributed by atoms with Crippen molar-refractivity contribution in [2.24, 2.45) is 0 Å². The van der Waals surface area contributed by atoms with Crippen LogP contribution in [0.4, 0.5) is 0 Å². The van der Waals surface area contributed by atoms with Crippen molar-refractivity contribution in [1.82, 2.24) is 9.55 Å². The summed E-state index contributed by atoms with van der Waals surface area (Å²) in [6.07, 6.45) is 4.26. The van der Waals surface area contributed by atoms with Crippen molar-refractivity contribution in [2.45, 2.75) is 32.2 Å². The standard InChI is InChI=1S/C13H16N2O3S/c1-18-7-6-15-12(16)10-8-4-2-3-5-9(8)19-11(10)14-13(15)17/h2-7H2,1H3,(H,14,17). The first-order chi connectivity index (χ1) is 9.22. The minimum atomic E-state index is -0.340. The molecule has 2 aromatic rings. The Labute approximate surface area is 113 Å². The monoisotopic (exact) mass is 280 g/mol. The van der Waals surface area contributed by atoms with Crippen molar-refractivity contribution < 1.29 is 4.74 Å². The number of hydrogen-bond donors (Lipinski definition) is 1. The third kappa shape index (κ3) is 2.04. The maximum Gasteiger partial charge on any atom is 0.329 e. The number of nitrogens with zero attached hydrogens (tertiary/aromatic N) is 1. The molecule has 1 N–H and O–H groups in total. The molecular formula is C13H16N2O3S. The zero-order valence-electron chi connectivity index (χ0n) is 10.8. The quantitative estimate of drug-likeness (QED) is 0.921. The molecule has 19 heavy (non-hydrogen) atoms. The number of ether oxygens (including phenoxy) is 1. The molecule has 6 heteroatoms. The summed E-state index contributed by atoms with van der Waals surface area (Å²) in [6.45, 7) is 0.659. The van der Waals surface area contributed by atoms with E-state index in [1.807, 2.05) is 0 Å². The van der Waals surface area contributed by atoms with E-state index in [0.717, 1.165) is 35.0 Å². The van der Waals surface area contributed by atoms with Gasteiger partial charge in [-0.3, -0.25) is 14.3 Å². The molecule has 0 amide bonds. The van der Waals surface area contributed by atoms with Crippen LogP contribution in [-0.4, -0.2) is 23.3 Å². The van der Waals surface area contributed by atoms with Crippen LogP contribution in [0.1, 0.15) is 23.3 Å². The van der Waals surface area contributed by atoms with E-state index in [2.05, 4.69) is 4.98 Å². The molecule has 0 aromatic carbocycles. The molecule has 1 aliphatic carbocycles. The van der Waals surface area contributed by atoms with Gasteiger partial charge in [0.15, 0.2) is 0 Å². The Morgan fingerprint density at radius 3 is 2.89 bits per heavy atom. The van der Waals surface area contributed by atoms with Crippen LogP contribution < -0.4 is 11.2 Å². The summed E-state index contributed by atoms with van der Waals surface area (Å²) in [5.41, 5.74) is 0.641. The molecule has 0 saturated carbocycles. The van der Waals surface area contributed by atoms with Crippen LogP contribution in [0.2, 0.25) is 0 Å². The van der Waals surface area contributed by atoms with E-state index in [0.29, 0.717) is 13.2 Å². The van der Waals surface area contributed by atoms with E-state index in [-0.39, 0.29) is 11.2 Å². The Balaban J connectivity index is 2.24. The summed E-state index contributed by atoms with van der Waals surface area (Å²) in [7, 11) is 1.56. The number of aromatic nitrogens is 2. The van der Waals surface area contributed by atoms with Gasteiger partial charge in [-0.1, -0.05) is 0 Å². The molecule has 102 valence electrons. The predicted octanol–water partition coefficient (Wildman–Crippen LogP) is 1.28. The van der Waals surface area contributed by atoms with Gasteiger partial charge >= 0.3 is 5.69 Å². The molecule has 2 heterocycles. The minimum Gasteiger partial charge on any atom is -0.383 e. The van der Waals surface area contributed by atoms with Crippen LogP contribution in [0.25, 0.3) is 10.2 Å².